The summed E-state index contributed by atoms with van der Waals surface area (Å²) in [4.78, 5) is 25.3. The number of benzene rings is 1. The average molecular weight is 409 g/mol. The molecule has 2 atom stereocenters. The van der Waals surface area contributed by atoms with E-state index >= 15 is 0 Å². The van der Waals surface area contributed by atoms with E-state index in [0.29, 0.717) is 0 Å². The molecule has 0 aliphatic heterocycles. The maximum Gasteiger partial charge on any atom is 0.243 e. The minimum absolute atomic E-state index is 0.0297. The molecule has 2 amide bonds. The lowest BCUT2D eigenvalue weighted by atomic mass is 9.88. The zero-order chi connectivity index (χ0) is 18.4. The SMILES string of the molecule is CC(NC(=O)C(NC(=O)C1CCCCC1)C(C)C)c1ccccc1Br. The molecule has 4 nitrogen and oxygen atoms in total. The fourth-order valence-corrected chi connectivity index (χ4v) is 4.01. The lowest BCUT2D eigenvalue weighted by Gasteiger charge is -2.27. The molecule has 2 unspecified atom stereocenters. The molecule has 2 rings (SSSR count). The Balaban J connectivity index is 2.00. The molecule has 1 fully saturated rings. The summed E-state index contributed by atoms with van der Waals surface area (Å²) in [5.41, 5.74) is 1.02. The van der Waals surface area contributed by atoms with E-state index in [4.69, 9.17) is 0 Å². The van der Waals surface area contributed by atoms with E-state index in [1.54, 1.807) is 0 Å². The molecule has 1 aromatic rings. The molecule has 0 aromatic heterocycles. The first kappa shape index (κ1) is 20.0. The predicted molar refractivity (Wildman–Crippen MR) is 104 cm³/mol. The summed E-state index contributed by atoms with van der Waals surface area (Å²) >= 11 is 3.52. The van der Waals surface area contributed by atoms with Gasteiger partial charge in [0.05, 0.1) is 6.04 Å². The maximum absolute atomic E-state index is 12.8. The van der Waals surface area contributed by atoms with Gasteiger partial charge in [-0.3, -0.25) is 9.59 Å². The molecule has 1 aliphatic carbocycles. The highest BCUT2D eigenvalue weighted by Crippen LogP contribution is 2.25. The van der Waals surface area contributed by atoms with Crippen molar-refractivity contribution in [1.82, 2.24) is 10.6 Å². The molecule has 2 N–H and O–H groups in total. The molecule has 25 heavy (non-hydrogen) atoms. The number of carbonyl (C=O) groups is 2. The normalized spacial score (nSPS) is 17.8. The molecule has 1 saturated carbocycles. The summed E-state index contributed by atoms with van der Waals surface area (Å²) in [5, 5.41) is 6.04. The van der Waals surface area contributed by atoms with Crippen LogP contribution in [0, 0.1) is 11.8 Å². The van der Waals surface area contributed by atoms with Crippen LogP contribution in [0.15, 0.2) is 28.7 Å². The van der Waals surface area contributed by atoms with Crippen molar-refractivity contribution in [2.45, 2.75) is 65.0 Å². The molecule has 0 radical (unpaired) electrons. The third-order valence-electron chi connectivity index (χ3n) is 4.95. The van der Waals surface area contributed by atoms with Crippen LogP contribution in [0.2, 0.25) is 0 Å². The first-order valence-electron chi connectivity index (χ1n) is 9.25. The summed E-state index contributed by atoms with van der Waals surface area (Å²) in [5.74, 6) is 0.00644. The topological polar surface area (TPSA) is 58.2 Å². The van der Waals surface area contributed by atoms with Gasteiger partial charge in [-0.25, -0.2) is 0 Å². The van der Waals surface area contributed by atoms with Crippen molar-refractivity contribution in [2.24, 2.45) is 11.8 Å². The molecular formula is C20H29BrN2O2. The van der Waals surface area contributed by atoms with Crippen LogP contribution in [-0.2, 0) is 9.59 Å². The van der Waals surface area contributed by atoms with Gasteiger partial charge in [-0.15, -0.1) is 0 Å². The fourth-order valence-electron chi connectivity index (χ4n) is 3.38. The van der Waals surface area contributed by atoms with Crippen LogP contribution in [0.4, 0.5) is 0 Å². The predicted octanol–water partition coefficient (Wildman–Crippen LogP) is 4.35. The fraction of sp³-hybridized carbons (Fsp3) is 0.600. The molecule has 0 heterocycles. The number of amides is 2. The Labute approximate surface area is 159 Å². The van der Waals surface area contributed by atoms with Crippen LogP contribution in [0.1, 0.15) is 64.5 Å². The van der Waals surface area contributed by atoms with Gasteiger partial charge in [-0.05, 0) is 37.3 Å². The van der Waals surface area contributed by atoms with E-state index in [2.05, 4.69) is 26.6 Å². The Kier molecular flexibility index (Phi) is 7.48. The molecule has 0 spiro atoms. The number of halogens is 1. The van der Waals surface area contributed by atoms with Crippen molar-refractivity contribution >= 4 is 27.7 Å². The molecule has 0 bridgehead atoms. The van der Waals surface area contributed by atoms with E-state index in [0.717, 1.165) is 35.7 Å². The minimum atomic E-state index is -0.501. The lowest BCUT2D eigenvalue weighted by Crippen LogP contribution is -2.51. The number of nitrogens with one attached hydrogen (secondary N) is 2. The number of hydrogen-bond acceptors (Lipinski definition) is 2. The smallest absolute Gasteiger partial charge is 0.243 e. The van der Waals surface area contributed by atoms with E-state index in [9.17, 15) is 9.59 Å². The van der Waals surface area contributed by atoms with Gasteiger partial charge in [0.15, 0.2) is 0 Å². The lowest BCUT2D eigenvalue weighted by molar-refractivity contribution is -0.133. The van der Waals surface area contributed by atoms with Crippen molar-refractivity contribution in [1.29, 1.82) is 0 Å². The van der Waals surface area contributed by atoms with Crippen LogP contribution in [-0.4, -0.2) is 17.9 Å². The summed E-state index contributed by atoms with van der Waals surface area (Å²) in [7, 11) is 0. The first-order chi connectivity index (χ1) is 11.9. The molecule has 1 aliphatic rings. The van der Waals surface area contributed by atoms with Crippen molar-refractivity contribution in [2.75, 3.05) is 0 Å². The Morgan fingerprint density at radius 3 is 2.28 bits per heavy atom. The van der Waals surface area contributed by atoms with Gasteiger partial charge in [0.2, 0.25) is 11.8 Å². The monoisotopic (exact) mass is 408 g/mol. The van der Waals surface area contributed by atoms with Gasteiger partial charge in [0, 0.05) is 10.4 Å². The molecular weight excluding hydrogens is 380 g/mol. The maximum atomic E-state index is 12.8. The minimum Gasteiger partial charge on any atom is -0.348 e. The highest BCUT2D eigenvalue weighted by molar-refractivity contribution is 9.10. The summed E-state index contributed by atoms with van der Waals surface area (Å²) < 4.78 is 0.968. The second-order valence-electron chi connectivity index (χ2n) is 7.32. The van der Waals surface area contributed by atoms with Crippen LogP contribution in [0.25, 0.3) is 0 Å². The molecule has 1 aromatic carbocycles. The summed E-state index contributed by atoms with van der Waals surface area (Å²) in [6.45, 7) is 5.89. The third kappa shape index (κ3) is 5.56. The van der Waals surface area contributed by atoms with E-state index in [1.165, 1.54) is 6.42 Å². The highest BCUT2D eigenvalue weighted by atomic mass is 79.9. The number of hydrogen-bond donors (Lipinski definition) is 2. The van der Waals surface area contributed by atoms with E-state index < -0.39 is 6.04 Å². The number of carbonyl (C=O) groups excluding carboxylic acids is 2. The number of rotatable bonds is 6. The van der Waals surface area contributed by atoms with Crippen LogP contribution in [0.3, 0.4) is 0 Å². The first-order valence-corrected chi connectivity index (χ1v) is 10.0. The van der Waals surface area contributed by atoms with E-state index in [-0.39, 0.29) is 29.7 Å². The van der Waals surface area contributed by atoms with Crippen molar-refractivity contribution in [3.05, 3.63) is 34.3 Å². The Morgan fingerprint density at radius 1 is 1.04 bits per heavy atom. The van der Waals surface area contributed by atoms with Crippen molar-refractivity contribution < 1.29 is 9.59 Å². The molecule has 138 valence electrons. The van der Waals surface area contributed by atoms with Crippen LogP contribution >= 0.6 is 15.9 Å². The van der Waals surface area contributed by atoms with Gasteiger partial charge in [-0.1, -0.05) is 67.2 Å². The van der Waals surface area contributed by atoms with Gasteiger partial charge < -0.3 is 10.6 Å². The Bertz CT molecular complexity index is 597. The second-order valence-corrected chi connectivity index (χ2v) is 8.17. The zero-order valence-electron chi connectivity index (χ0n) is 15.3. The van der Waals surface area contributed by atoms with Crippen LogP contribution < -0.4 is 10.6 Å². The van der Waals surface area contributed by atoms with Crippen molar-refractivity contribution in [3.8, 4) is 0 Å². The Morgan fingerprint density at radius 2 is 1.68 bits per heavy atom. The van der Waals surface area contributed by atoms with E-state index in [1.807, 2.05) is 45.0 Å². The summed E-state index contributed by atoms with van der Waals surface area (Å²) in [6, 6.07) is 7.22. The standard InChI is InChI=1S/C20H29BrN2O2/c1-13(2)18(23-19(24)15-9-5-4-6-10-15)20(25)22-14(3)16-11-7-8-12-17(16)21/h7-8,11-15,18H,4-6,9-10H2,1-3H3,(H,22,25)(H,23,24). The largest absolute Gasteiger partial charge is 0.348 e. The zero-order valence-corrected chi connectivity index (χ0v) is 16.9. The third-order valence-corrected chi connectivity index (χ3v) is 5.68. The Hall–Kier alpha value is -1.36. The molecule has 0 saturated heterocycles. The van der Waals surface area contributed by atoms with Gasteiger partial charge >= 0.3 is 0 Å². The van der Waals surface area contributed by atoms with Gasteiger partial charge in [0.1, 0.15) is 6.04 Å². The summed E-state index contributed by atoms with van der Waals surface area (Å²) in [6.07, 6.45) is 5.30. The second kappa shape index (κ2) is 9.37. The average Bonchev–Trinajstić information content (AvgIpc) is 2.60. The quantitative estimate of drug-likeness (QED) is 0.734. The van der Waals surface area contributed by atoms with Crippen molar-refractivity contribution in [3.63, 3.8) is 0 Å². The molecule has 5 heteroatoms. The van der Waals surface area contributed by atoms with Crippen LogP contribution in [0.5, 0.6) is 0 Å². The highest BCUT2D eigenvalue weighted by Gasteiger charge is 2.29. The van der Waals surface area contributed by atoms with Gasteiger partial charge in [-0.2, -0.15) is 0 Å². The van der Waals surface area contributed by atoms with Gasteiger partial charge in [0.25, 0.3) is 0 Å².